The fourth-order valence-corrected chi connectivity index (χ4v) is 3.66. The molecular weight excluding hydrogens is 310 g/mol. The molecule has 2 aromatic heterocycles. The van der Waals surface area contributed by atoms with E-state index in [9.17, 15) is 0 Å². The third-order valence-electron chi connectivity index (χ3n) is 3.96. The molecule has 1 atom stereocenters. The first-order valence-electron chi connectivity index (χ1n) is 8.02. The van der Waals surface area contributed by atoms with Gasteiger partial charge in [0, 0.05) is 50.0 Å². The van der Waals surface area contributed by atoms with Gasteiger partial charge in [0.15, 0.2) is 5.82 Å². The normalized spacial score (nSPS) is 19.0. The highest BCUT2D eigenvalue weighted by molar-refractivity contribution is 7.11. The maximum Gasteiger partial charge on any atom is 0.151 e. The van der Waals surface area contributed by atoms with Crippen molar-refractivity contribution in [2.45, 2.75) is 26.5 Å². The lowest BCUT2D eigenvalue weighted by Crippen LogP contribution is -2.47. The second kappa shape index (κ2) is 7.81. The van der Waals surface area contributed by atoms with Gasteiger partial charge in [0.25, 0.3) is 0 Å². The molecule has 3 heterocycles. The predicted molar refractivity (Wildman–Crippen MR) is 91.8 cm³/mol. The van der Waals surface area contributed by atoms with E-state index >= 15 is 0 Å². The SMILES string of the molecule is CCN(CC1CN(Cc2cnc(C)s2)CCO1)c1cccnn1. The van der Waals surface area contributed by atoms with Gasteiger partial charge in [-0.25, -0.2) is 4.98 Å². The van der Waals surface area contributed by atoms with Crippen molar-refractivity contribution < 1.29 is 4.74 Å². The van der Waals surface area contributed by atoms with Gasteiger partial charge in [0.1, 0.15) is 0 Å². The average molecular weight is 333 g/mol. The van der Waals surface area contributed by atoms with Crippen LogP contribution in [0, 0.1) is 6.92 Å². The van der Waals surface area contributed by atoms with Gasteiger partial charge in [-0.3, -0.25) is 4.90 Å². The van der Waals surface area contributed by atoms with Crippen molar-refractivity contribution in [2.75, 3.05) is 37.7 Å². The summed E-state index contributed by atoms with van der Waals surface area (Å²) in [5.41, 5.74) is 0. The largest absolute Gasteiger partial charge is 0.374 e. The molecule has 6 nitrogen and oxygen atoms in total. The molecule has 1 fully saturated rings. The summed E-state index contributed by atoms with van der Waals surface area (Å²) in [5.74, 6) is 0.911. The van der Waals surface area contributed by atoms with Crippen LogP contribution in [0.25, 0.3) is 0 Å². The molecule has 1 aliphatic heterocycles. The fraction of sp³-hybridized carbons (Fsp3) is 0.562. The number of anilines is 1. The van der Waals surface area contributed by atoms with Crippen LogP contribution in [0.15, 0.2) is 24.5 Å². The number of ether oxygens (including phenoxy) is 1. The molecule has 0 N–H and O–H groups in total. The summed E-state index contributed by atoms with van der Waals surface area (Å²) >= 11 is 1.78. The van der Waals surface area contributed by atoms with Crippen LogP contribution >= 0.6 is 11.3 Å². The Kier molecular flexibility index (Phi) is 5.53. The summed E-state index contributed by atoms with van der Waals surface area (Å²) in [6, 6.07) is 3.92. The number of hydrogen-bond donors (Lipinski definition) is 0. The Morgan fingerprint density at radius 2 is 2.39 bits per heavy atom. The molecule has 0 bridgehead atoms. The lowest BCUT2D eigenvalue weighted by Gasteiger charge is -2.35. The van der Waals surface area contributed by atoms with Crippen molar-refractivity contribution in [1.82, 2.24) is 20.1 Å². The molecule has 0 spiro atoms. The number of thiazole rings is 1. The zero-order valence-electron chi connectivity index (χ0n) is 13.7. The standard InChI is InChI=1S/C16H23N5OS/c1-3-21(16-5-4-6-18-19-16)11-14-10-20(7-8-22-14)12-15-9-17-13(2)23-15/h4-6,9,14H,3,7-8,10-12H2,1-2H3. The molecule has 3 rings (SSSR count). The number of likely N-dealkylation sites (N-methyl/N-ethyl adjacent to an activating group) is 1. The Labute approximate surface area is 141 Å². The molecule has 1 unspecified atom stereocenters. The number of aromatic nitrogens is 3. The van der Waals surface area contributed by atoms with Crippen molar-refractivity contribution in [1.29, 1.82) is 0 Å². The van der Waals surface area contributed by atoms with Crippen LogP contribution in [0.1, 0.15) is 16.8 Å². The summed E-state index contributed by atoms with van der Waals surface area (Å²) in [6.07, 6.45) is 3.88. The van der Waals surface area contributed by atoms with E-state index in [1.54, 1.807) is 17.5 Å². The third-order valence-corrected chi connectivity index (χ3v) is 4.86. The molecule has 1 aliphatic rings. The maximum absolute atomic E-state index is 5.96. The molecule has 0 amide bonds. The van der Waals surface area contributed by atoms with E-state index < -0.39 is 0 Å². The first kappa shape index (κ1) is 16.3. The summed E-state index contributed by atoms with van der Waals surface area (Å²) in [5, 5.41) is 9.31. The molecule has 23 heavy (non-hydrogen) atoms. The summed E-state index contributed by atoms with van der Waals surface area (Å²) in [7, 11) is 0. The molecule has 0 aromatic carbocycles. The van der Waals surface area contributed by atoms with Gasteiger partial charge < -0.3 is 9.64 Å². The maximum atomic E-state index is 5.96. The highest BCUT2D eigenvalue weighted by Gasteiger charge is 2.23. The quantitative estimate of drug-likeness (QED) is 0.806. The predicted octanol–water partition coefficient (Wildman–Crippen LogP) is 1.97. The van der Waals surface area contributed by atoms with E-state index in [1.165, 1.54) is 4.88 Å². The van der Waals surface area contributed by atoms with Crippen LogP contribution in [0.2, 0.25) is 0 Å². The van der Waals surface area contributed by atoms with Crippen LogP contribution in [0.5, 0.6) is 0 Å². The van der Waals surface area contributed by atoms with E-state index in [1.807, 2.05) is 18.3 Å². The van der Waals surface area contributed by atoms with Crippen LogP contribution in [0.3, 0.4) is 0 Å². The monoisotopic (exact) mass is 333 g/mol. The summed E-state index contributed by atoms with van der Waals surface area (Å²) in [6.45, 7) is 9.58. The van der Waals surface area contributed by atoms with Gasteiger partial charge in [-0.2, -0.15) is 5.10 Å². The van der Waals surface area contributed by atoms with Crippen molar-refractivity contribution in [2.24, 2.45) is 0 Å². The third kappa shape index (κ3) is 4.46. The first-order chi connectivity index (χ1) is 11.2. The van der Waals surface area contributed by atoms with Gasteiger partial charge >= 0.3 is 0 Å². The van der Waals surface area contributed by atoms with E-state index in [0.29, 0.717) is 0 Å². The second-order valence-corrected chi connectivity index (χ2v) is 7.01. The molecule has 0 radical (unpaired) electrons. The summed E-state index contributed by atoms with van der Waals surface area (Å²) in [4.78, 5) is 10.3. The lowest BCUT2D eigenvalue weighted by molar-refractivity contribution is -0.0265. The fourth-order valence-electron chi connectivity index (χ4n) is 2.83. The van der Waals surface area contributed by atoms with Crippen LogP contribution in [-0.2, 0) is 11.3 Å². The van der Waals surface area contributed by atoms with Crippen molar-refractivity contribution in [3.8, 4) is 0 Å². The van der Waals surface area contributed by atoms with Gasteiger partial charge in [-0.05, 0) is 26.0 Å². The Morgan fingerprint density at radius 1 is 1.48 bits per heavy atom. The molecule has 2 aromatic rings. The minimum Gasteiger partial charge on any atom is -0.374 e. The zero-order chi connectivity index (χ0) is 16.1. The first-order valence-corrected chi connectivity index (χ1v) is 8.84. The Hall–Kier alpha value is -1.57. The Balaban J connectivity index is 1.57. The van der Waals surface area contributed by atoms with E-state index in [4.69, 9.17) is 4.74 Å². The zero-order valence-corrected chi connectivity index (χ0v) is 14.5. The van der Waals surface area contributed by atoms with E-state index in [-0.39, 0.29) is 6.10 Å². The van der Waals surface area contributed by atoms with Gasteiger partial charge in [-0.15, -0.1) is 16.4 Å². The molecule has 1 saturated heterocycles. The molecular formula is C16H23N5OS. The topological polar surface area (TPSA) is 54.4 Å². The van der Waals surface area contributed by atoms with Crippen molar-refractivity contribution in [3.63, 3.8) is 0 Å². The minimum atomic E-state index is 0.194. The number of morpholine rings is 1. The second-order valence-electron chi connectivity index (χ2n) is 5.69. The Bertz CT molecular complexity index is 606. The van der Waals surface area contributed by atoms with Crippen molar-refractivity contribution in [3.05, 3.63) is 34.4 Å². The molecule has 0 aliphatic carbocycles. The van der Waals surface area contributed by atoms with Gasteiger partial charge in [0.2, 0.25) is 0 Å². The number of rotatable bonds is 6. The van der Waals surface area contributed by atoms with Crippen LogP contribution in [-0.4, -0.2) is 59.0 Å². The smallest absolute Gasteiger partial charge is 0.151 e. The van der Waals surface area contributed by atoms with Crippen molar-refractivity contribution >= 4 is 17.2 Å². The highest BCUT2D eigenvalue weighted by atomic mass is 32.1. The number of nitrogens with zero attached hydrogens (tertiary/aromatic N) is 5. The Morgan fingerprint density at radius 3 is 3.09 bits per heavy atom. The number of aryl methyl sites for hydroxylation is 1. The minimum absolute atomic E-state index is 0.194. The van der Waals surface area contributed by atoms with Crippen LogP contribution < -0.4 is 4.90 Å². The van der Waals surface area contributed by atoms with E-state index in [2.05, 4.69) is 38.8 Å². The molecule has 0 saturated carbocycles. The van der Waals surface area contributed by atoms with Crippen LogP contribution in [0.4, 0.5) is 5.82 Å². The molecule has 124 valence electrons. The molecule has 7 heteroatoms. The average Bonchev–Trinajstić information content (AvgIpc) is 2.99. The van der Waals surface area contributed by atoms with Gasteiger partial charge in [-0.1, -0.05) is 0 Å². The van der Waals surface area contributed by atoms with Gasteiger partial charge in [0.05, 0.1) is 17.7 Å². The lowest BCUT2D eigenvalue weighted by atomic mass is 10.2. The highest BCUT2D eigenvalue weighted by Crippen LogP contribution is 2.17. The number of hydrogen-bond acceptors (Lipinski definition) is 7. The summed E-state index contributed by atoms with van der Waals surface area (Å²) < 4.78 is 5.96. The van der Waals surface area contributed by atoms with E-state index in [0.717, 1.165) is 50.2 Å².